The number of hydrogen-bond donors (Lipinski definition) is 1. The average molecular weight is 242 g/mol. The first-order valence-corrected chi connectivity index (χ1v) is 5.85. The van der Waals surface area contributed by atoms with Crippen LogP contribution in [0.4, 0.5) is 17.1 Å². The van der Waals surface area contributed by atoms with Gasteiger partial charge in [-0.3, -0.25) is 0 Å². The van der Waals surface area contributed by atoms with Gasteiger partial charge in [0.05, 0.1) is 7.11 Å². The quantitative estimate of drug-likeness (QED) is 0.839. The van der Waals surface area contributed by atoms with Gasteiger partial charge in [0, 0.05) is 24.1 Å². The second-order valence-corrected chi connectivity index (χ2v) is 4.30. The number of nitrogens with zero attached hydrogens (tertiary/aromatic N) is 1. The molecule has 0 spiro atoms. The molecule has 0 saturated heterocycles. The Morgan fingerprint density at radius 2 is 1.61 bits per heavy atom. The van der Waals surface area contributed by atoms with E-state index in [1.54, 1.807) is 7.11 Å². The van der Waals surface area contributed by atoms with Crippen LogP contribution >= 0.6 is 0 Å². The van der Waals surface area contributed by atoms with Crippen molar-refractivity contribution in [3.63, 3.8) is 0 Å². The summed E-state index contributed by atoms with van der Waals surface area (Å²) in [6.07, 6.45) is 0. The molecule has 2 aromatic carbocycles. The number of ether oxygens (including phenoxy) is 1. The Morgan fingerprint density at radius 3 is 2.17 bits per heavy atom. The predicted octanol–water partition coefficient (Wildman–Crippen LogP) is 3.35. The lowest BCUT2D eigenvalue weighted by molar-refractivity contribution is 0.412. The summed E-state index contributed by atoms with van der Waals surface area (Å²) >= 11 is 0. The van der Waals surface area contributed by atoms with Crippen molar-refractivity contribution < 1.29 is 4.74 Å². The molecule has 0 unspecified atom stereocenters. The van der Waals surface area contributed by atoms with Gasteiger partial charge in [0.25, 0.3) is 0 Å². The van der Waals surface area contributed by atoms with E-state index in [4.69, 9.17) is 10.5 Å². The van der Waals surface area contributed by atoms with E-state index in [0.29, 0.717) is 0 Å². The molecule has 2 N–H and O–H groups in total. The Balaban J connectivity index is 2.31. The van der Waals surface area contributed by atoms with Gasteiger partial charge in [0.1, 0.15) is 5.75 Å². The third-order valence-corrected chi connectivity index (χ3v) is 3.05. The van der Waals surface area contributed by atoms with Crippen molar-refractivity contribution in [3.8, 4) is 5.75 Å². The zero-order valence-electron chi connectivity index (χ0n) is 11.0. The molecule has 0 bridgehead atoms. The normalized spacial score (nSPS) is 10.2. The fourth-order valence-electron chi connectivity index (χ4n) is 1.92. The zero-order chi connectivity index (χ0) is 13.1. The van der Waals surface area contributed by atoms with Gasteiger partial charge >= 0.3 is 0 Å². The molecule has 3 heteroatoms. The van der Waals surface area contributed by atoms with Crippen LogP contribution in [0.5, 0.6) is 5.75 Å². The second kappa shape index (κ2) is 5.00. The van der Waals surface area contributed by atoms with Crippen LogP contribution in [-0.4, -0.2) is 14.2 Å². The van der Waals surface area contributed by atoms with Gasteiger partial charge in [0.15, 0.2) is 0 Å². The second-order valence-electron chi connectivity index (χ2n) is 4.30. The molecule has 0 aliphatic rings. The monoisotopic (exact) mass is 242 g/mol. The van der Waals surface area contributed by atoms with E-state index in [-0.39, 0.29) is 0 Å². The number of methoxy groups -OCH3 is 1. The Morgan fingerprint density at radius 1 is 1.00 bits per heavy atom. The maximum absolute atomic E-state index is 5.69. The van der Waals surface area contributed by atoms with Crippen LogP contribution in [-0.2, 0) is 0 Å². The van der Waals surface area contributed by atoms with E-state index >= 15 is 0 Å². The van der Waals surface area contributed by atoms with Crippen molar-refractivity contribution in [3.05, 3.63) is 48.0 Å². The van der Waals surface area contributed by atoms with Crippen molar-refractivity contribution in [2.75, 3.05) is 24.8 Å². The maximum Gasteiger partial charge on any atom is 0.121 e. The molecule has 0 aliphatic heterocycles. The molecule has 0 aromatic heterocycles. The first kappa shape index (κ1) is 12.3. The zero-order valence-corrected chi connectivity index (χ0v) is 11.0. The van der Waals surface area contributed by atoms with Crippen molar-refractivity contribution in [1.82, 2.24) is 0 Å². The van der Waals surface area contributed by atoms with Gasteiger partial charge < -0.3 is 15.4 Å². The predicted molar refractivity (Wildman–Crippen MR) is 76.6 cm³/mol. The molecule has 0 radical (unpaired) electrons. The van der Waals surface area contributed by atoms with E-state index < -0.39 is 0 Å². The molecular formula is C15H18N2O. The number of anilines is 3. The summed E-state index contributed by atoms with van der Waals surface area (Å²) in [6.45, 7) is 2.04. The van der Waals surface area contributed by atoms with E-state index in [1.165, 1.54) is 0 Å². The molecule has 18 heavy (non-hydrogen) atoms. The third-order valence-electron chi connectivity index (χ3n) is 3.05. The van der Waals surface area contributed by atoms with Crippen molar-refractivity contribution in [2.24, 2.45) is 0 Å². The summed E-state index contributed by atoms with van der Waals surface area (Å²) in [5.74, 6) is 0.907. The standard InChI is InChI=1S/C15H18N2O/c1-11-10-14(8-9-15(11)18-3)17(2)13-6-4-12(16)5-7-13/h4-10H,16H2,1-3H3. The summed E-state index contributed by atoms with van der Waals surface area (Å²) in [5.41, 5.74) is 9.82. The fourth-order valence-corrected chi connectivity index (χ4v) is 1.92. The summed E-state index contributed by atoms with van der Waals surface area (Å²) in [4.78, 5) is 2.12. The van der Waals surface area contributed by atoms with Crippen LogP contribution in [0.25, 0.3) is 0 Å². The number of nitrogen functional groups attached to an aromatic ring is 1. The molecule has 0 atom stereocenters. The minimum Gasteiger partial charge on any atom is -0.496 e. The van der Waals surface area contributed by atoms with Crippen LogP contribution < -0.4 is 15.4 Å². The summed E-state index contributed by atoms with van der Waals surface area (Å²) < 4.78 is 5.27. The molecule has 2 rings (SSSR count). The number of aryl methyl sites for hydroxylation is 1. The Labute approximate surface area is 108 Å². The van der Waals surface area contributed by atoms with Crippen LogP contribution in [0.3, 0.4) is 0 Å². The highest BCUT2D eigenvalue weighted by atomic mass is 16.5. The highest BCUT2D eigenvalue weighted by Crippen LogP contribution is 2.28. The minimum absolute atomic E-state index is 0.776. The van der Waals surface area contributed by atoms with Crippen LogP contribution in [0.1, 0.15) is 5.56 Å². The molecule has 0 heterocycles. The van der Waals surface area contributed by atoms with Crippen molar-refractivity contribution >= 4 is 17.1 Å². The molecule has 0 aliphatic carbocycles. The lowest BCUT2D eigenvalue weighted by Crippen LogP contribution is -2.09. The highest BCUT2D eigenvalue weighted by Gasteiger charge is 2.06. The van der Waals surface area contributed by atoms with Gasteiger partial charge in [-0.05, 0) is 55.0 Å². The van der Waals surface area contributed by atoms with Crippen molar-refractivity contribution in [1.29, 1.82) is 0 Å². The Hall–Kier alpha value is -2.16. The number of hydrogen-bond acceptors (Lipinski definition) is 3. The van der Waals surface area contributed by atoms with Crippen molar-refractivity contribution in [2.45, 2.75) is 6.92 Å². The first-order valence-electron chi connectivity index (χ1n) is 5.85. The SMILES string of the molecule is COc1ccc(N(C)c2ccc(N)cc2)cc1C. The highest BCUT2D eigenvalue weighted by molar-refractivity contribution is 5.65. The topological polar surface area (TPSA) is 38.5 Å². The average Bonchev–Trinajstić information content (AvgIpc) is 2.38. The number of nitrogens with two attached hydrogens (primary N) is 1. The molecule has 0 fully saturated rings. The first-order chi connectivity index (χ1) is 8.61. The van der Waals surface area contributed by atoms with Gasteiger partial charge in [-0.15, -0.1) is 0 Å². The fraction of sp³-hybridized carbons (Fsp3) is 0.200. The lowest BCUT2D eigenvalue weighted by atomic mass is 10.1. The Bertz CT molecular complexity index is 535. The number of benzene rings is 2. The minimum atomic E-state index is 0.776. The van der Waals surface area contributed by atoms with E-state index in [9.17, 15) is 0 Å². The van der Waals surface area contributed by atoms with Crippen LogP contribution in [0.15, 0.2) is 42.5 Å². The molecular weight excluding hydrogens is 224 g/mol. The van der Waals surface area contributed by atoms with Gasteiger partial charge in [0.2, 0.25) is 0 Å². The van der Waals surface area contributed by atoms with E-state index in [1.807, 2.05) is 50.4 Å². The van der Waals surface area contributed by atoms with Gasteiger partial charge in [-0.1, -0.05) is 0 Å². The summed E-state index contributed by atoms with van der Waals surface area (Å²) in [5, 5.41) is 0. The van der Waals surface area contributed by atoms with Gasteiger partial charge in [-0.2, -0.15) is 0 Å². The largest absolute Gasteiger partial charge is 0.496 e. The van der Waals surface area contributed by atoms with Crippen LogP contribution in [0, 0.1) is 6.92 Å². The summed E-state index contributed by atoms with van der Waals surface area (Å²) in [6, 6.07) is 14.0. The van der Waals surface area contributed by atoms with Crippen LogP contribution in [0.2, 0.25) is 0 Å². The molecule has 0 amide bonds. The van der Waals surface area contributed by atoms with E-state index in [2.05, 4.69) is 11.0 Å². The summed E-state index contributed by atoms with van der Waals surface area (Å²) in [7, 11) is 3.72. The smallest absolute Gasteiger partial charge is 0.121 e. The Kier molecular flexibility index (Phi) is 3.42. The molecule has 0 saturated carbocycles. The maximum atomic E-state index is 5.69. The third kappa shape index (κ3) is 2.40. The molecule has 94 valence electrons. The molecule has 3 nitrogen and oxygen atoms in total. The van der Waals surface area contributed by atoms with E-state index in [0.717, 1.165) is 28.4 Å². The van der Waals surface area contributed by atoms with Gasteiger partial charge in [-0.25, -0.2) is 0 Å². The molecule has 2 aromatic rings. The lowest BCUT2D eigenvalue weighted by Gasteiger charge is -2.20. The number of rotatable bonds is 3.